The quantitative estimate of drug-likeness (QED) is 0.142. The van der Waals surface area contributed by atoms with Crippen molar-refractivity contribution < 1.29 is 4.74 Å². The van der Waals surface area contributed by atoms with Crippen LogP contribution in [0.4, 0.5) is 5.69 Å². The van der Waals surface area contributed by atoms with E-state index in [-0.39, 0.29) is 0 Å². The molecule has 1 unspecified atom stereocenters. The molecule has 0 saturated carbocycles. The van der Waals surface area contributed by atoms with Crippen molar-refractivity contribution in [3.05, 3.63) is 93.8 Å². The molecular weight excluding hydrogens is 552 g/mol. The monoisotopic (exact) mass is 596 g/mol. The molecule has 0 bridgehead atoms. The van der Waals surface area contributed by atoms with Gasteiger partial charge in [0.05, 0.1) is 5.52 Å². The normalized spacial score (nSPS) is 16.1. The zero-order chi connectivity index (χ0) is 29.3. The number of anilines is 1. The van der Waals surface area contributed by atoms with Crippen molar-refractivity contribution >= 4 is 28.2 Å². The molecule has 6 rings (SSSR count). The lowest BCUT2D eigenvalue weighted by molar-refractivity contribution is 0.291. The first-order valence-corrected chi connectivity index (χ1v) is 16.9. The van der Waals surface area contributed by atoms with Crippen LogP contribution in [0, 0.1) is 0 Å². The molecule has 0 amide bonds. The molecule has 2 aliphatic carbocycles. The summed E-state index contributed by atoms with van der Waals surface area (Å²) < 4.78 is 5.98. The van der Waals surface area contributed by atoms with E-state index in [0.29, 0.717) is 12.6 Å². The van der Waals surface area contributed by atoms with Gasteiger partial charge in [-0.3, -0.25) is 4.98 Å². The molecule has 0 spiro atoms. The van der Waals surface area contributed by atoms with Crippen LogP contribution in [0.3, 0.4) is 0 Å². The second kappa shape index (κ2) is 15.0. The van der Waals surface area contributed by atoms with Gasteiger partial charge in [0.15, 0.2) is 0 Å². The van der Waals surface area contributed by atoms with E-state index in [9.17, 15) is 0 Å². The number of ether oxygens (including phenoxy) is 1. The Morgan fingerprint density at radius 2 is 1.56 bits per heavy atom. The molecule has 2 N–H and O–H groups in total. The van der Waals surface area contributed by atoms with Gasteiger partial charge in [-0.25, -0.2) is 4.98 Å². The van der Waals surface area contributed by atoms with E-state index in [1.165, 1.54) is 103 Å². The molecule has 1 atom stereocenters. The van der Waals surface area contributed by atoms with Crippen LogP contribution in [0.5, 0.6) is 5.88 Å². The van der Waals surface area contributed by atoms with Gasteiger partial charge in [0.1, 0.15) is 6.61 Å². The minimum atomic E-state index is 0.413. The fourth-order valence-electron chi connectivity index (χ4n) is 6.71. The number of unbranched alkanes of at least 4 members (excludes halogenated alkanes) is 5. The van der Waals surface area contributed by atoms with Crippen LogP contribution in [0.2, 0.25) is 5.02 Å². The van der Waals surface area contributed by atoms with Gasteiger partial charge in [0, 0.05) is 46.1 Å². The van der Waals surface area contributed by atoms with Gasteiger partial charge in [-0.2, -0.15) is 0 Å². The third-order valence-electron chi connectivity index (χ3n) is 9.02. The first-order valence-electron chi connectivity index (χ1n) is 16.5. The van der Waals surface area contributed by atoms with Gasteiger partial charge in [0.2, 0.25) is 5.88 Å². The lowest BCUT2D eigenvalue weighted by Gasteiger charge is -2.26. The molecule has 2 heterocycles. The molecule has 0 aliphatic heterocycles. The largest absolute Gasteiger partial charge is 0.473 e. The SMILES string of the molecule is Clc1ccc2c(NCCCCCCCCNC3CCCc4nc(OCc5ccccc5)ccc43)c3c(nc2c1)CCCC3. The summed E-state index contributed by atoms with van der Waals surface area (Å²) >= 11 is 6.28. The Morgan fingerprint density at radius 3 is 2.44 bits per heavy atom. The maximum atomic E-state index is 6.28. The van der Waals surface area contributed by atoms with Crippen LogP contribution in [-0.4, -0.2) is 23.1 Å². The summed E-state index contributed by atoms with van der Waals surface area (Å²) in [5, 5.41) is 9.60. The predicted molar refractivity (Wildman–Crippen MR) is 178 cm³/mol. The minimum Gasteiger partial charge on any atom is -0.473 e. The lowest BCUT2D eigenvalue weighted by atomic mass is 9.91. The van der Waals surface area contributed by atoms with Crippen LogP contribution in [0.15, 0.2) is 60.7 Å². The Hall–Kier alpha value is -3.15. The van der Waals surface area contributed by atoms with E-state index in [0.717, 1.165) is 48.8 Å². The number of hydrogen-bond acceptors (Lipinski definition) is 5. The van der Waals surface area contributed by atoms with Crippen molar-refractivity contribution in [3.63, 3.8) is 0 Å². The number of halogens is 1. The van der Waals surface area contributed by atoms with E-state index in [1.807, 2.05) is 36.4 Å². The highest BCUT2D eigenvalue weighted by molar-refractivity contribution is 6.31. The van der Waals surface area contributed by atoms with Gasteiger partial charge >= 0.3 is 0 Å². The smallest absolute Gasteiger partial charge is 0.213 e. The fraction of sp³-hybridized carbons (Fsp3) is 0.459. The summed E-state index contributed by atoms with van der Waals surface area (Å²) in [6.45, 7) is 2.65. The molecule has 2 aliphatic rings. The highest BCUT2D eigenvalue weighted by Crippen LogP contribution is 2.34. The van der Waals surface area contributed by atoms with Gasteiger partial charge in [0.25, 0.3) is 0 Å². The average Bonchev–Trinajstić information content (AvgIpc) is 3.04. The number of nitrogens with zero attached hydrogens (tertiary/aromatic N) is 2. The Balaban J connectivity index is 0.883. The number of hydrogen-bond donors (Lipinski definition) is 2. The fourth-order valence-corrected chi connectivity index (χ4v) is 6.88. The van der Waals surface area contributed by atoms with Gasteiger partial charge in [-0.05, 0) is 99.2 Å². The molecule has 0 fully saturated rings. The molecule has 0 radical (unpaired) electrons. The Bertz CT molecular complexity index is 1490. The topological polar surface area (TPSA) is 59.1 Å². The first-order chi connectivity index (χ1) is 21.2. The van der Waals surface area contributed by atoms with Crippen molar-refractivity contribution in [2.45, 2.75) is 96.1 Å². The van der Waals surface area contributed by atoms with Gasteiger partial charge in [-0.15, -0.1) is 0 Å². The molecule has 6 heteroatoms. The zero-order valence-electron chi connectivity index (χ0n) is 25.3. The molecule has 43 heavy (non-hydrogen) atoms. The standard InChI is InChI=1S/C37H45ClN4O/c38-28-19-20-31-35(25-28)41-34-16-9-8-15-30(34)37(31)40-24-11-4-2-1-3-10-23-39-32-17-12-18-33-29(32)21-22-36(42-33)43-26-27-13-6-5-7-14-27/h5-7,13-14,19-22,25,32,39H,1-4,8-12,15-18,23-24,26H2,(H,40,41). The molecule has 2 aromatic heterocycles. The van der Waals surface area contributed by atoms with E-state index in [1.54, 1.807) is 0 Å². The number of pyridine rings is 2. The number of benzene rings is 2. The van der Waals surface area contributed by atoms with Crippen molar-refractivity contribution in [2.75, 3.05) is 18.4 Å². The Morgan fingerprint density at radius 1 is 0.767 bits per heavy atom. The summed E-state index contributed by atoms with van der Waals surface area (Å²) in [7, 11) is 0. The van der Waals surface area contributed by atoms with Crippen LogP contribution < -0.4 is 15.4 Å². The van der Waals surface area contributed by atoms with E-state index < -0.39 is 0 Å². The maximum absolute atomic E-state index is 6.28. The predicted octanol–water partition coefficient (Wildman–Crippen LogP) is 9.16. The van der Waals surface area contributed by atoms with Crippen molar-refractivity contribution in [1.29, 1.82) is 0 Å². The van der Waals surface area contributed by atoms with E-state index in [4.69, 9.17) is 26.3 Å². The van der Waals surface area contributed by atoms with Crippen molar-refractivity contribution in [3.8, 4) is 5.88 Å². The van der Waals surface area contributed by atoms with E-state index >= 15 is 0 Å². The number of nitrogens with one attached hydrogen (secondary N) is 2. The summed E-state index contributed by atoms with van der Waals surface area (Å²) in [5.41, 5.74) is 8.75. The van der Waals surface area contributed by atoms with Crippen LogP contribution in [-0.2, 0) is 25.9 Å². The molecular formula is C37H45ClN4O. The van der Waals surface area contributed by atoms with Gasteiger partial charge < -0.3 is 15.4 Å². The molecule has 5 nitrogen and oxygen atoms in total. The second-order valence-corrected chi connectivity index (χ2v) is 12.6. The summed E-state index contributed by atoms with van der Waals surface area (Å²) in [6, 6.07) is 21.1. The third kappa shape index (κ3) is 7.87. The highest BCUT2D eigenvalue weighted by Gasteiger charge is 2.21. The Kier molecular flexibility index (Phi) is 10.5. The van der Waals surface area contributed by atoms with Crippen LogP contribution >= 0.6 is 11.6 Å². The van der Waals surface area contributed by atoms with Crippen LogP contribution in [0.1, 0.15) is 98.3 Å². The third-order valence-corrected chi connectivity index (χ3v) is 9.25. The highest BCUT2D eigenvalue weighted by atomic mass is 35.5. The summed E-state index contributed by atoms with van der Waals surface area (Å²) in [6.07, 6.45) is 15.7. The molecule has 226 valence electrons. The number of aromatic nitrogens is 2. The number of fused-ring (bicyclic) bond motifs is 3. The number of aryl methyl sites for hydroxylation is 2. The summed E-state index contributed by atoms with van der Waals surface area (Å²) in [4.78, 5) is 9.81. The second-order valence-electron chi connectivity index (χ2n) is 12.2. The minimum absolute atomic E-state index is 0.413. The Labute approximate surface area is 261 Å². The van der Waals surface area contributed by atoms with Crippen LogP contribution in [0.25, 0.3) is 10.9 Å². The lowest BCUT2D eigenvalue weighted by Crippen LogP contribution is -2.26. The van der Waals surface area contributed by atoms with Crippen molar-refractivity contribution in [2.24, 2.45) is 0 Å². The number of rotatable bonds is 14. The molecule has 2 aromatic carbocycles. The summed E-state index contributed by atoms with van der Waals surface area (Å²) in [5.74, 6) is 0.733. The van der Waals surface area contributed by atoms with Gasteiger partial charge in [-0.1, -0.05) is 73.7 Å². The van der Waals surface area contributed by atoms with Crippen molar-refractivity contribution in [1.82, 2.24) is 15.3 Å². The first kappa shape index (κ1) is 29.9. The van der Waals surface area contributed by atoms with E-state index in [2.05, 4.69) is 34.9 Å². The molecule has 0 saturated heterocycles. The molecule has 4 aromatic rings. The zero-order valence-corrected chi connectivity index (χ0v) is 26.1. The maximum Gasteiger partial charge on any atom is 0.213 e. The average molecular weight is 597 g/mol.